The Kier molecular flexibility index (Phi) is 5.76. The van der Waals surface area contributed by atoms with E-state index in [4.69, 9.17) is 4.42 Å². The topological polar surface area (TPSA) is 78.3 Å². The average Bonchev–Trinajstić information content (AvgIpc) is 2.88. The molecule has 36 heavy (non-hydrogen) atoms. The van der Waals surface area contributed by atoms with Crippen molar-refractivity contribution in [1.82, 2.24) is 9.88 Å². The molecule has 6 nitrogen and oxygen atoms in total. The van der Waals surface area contributed by atoms with Crippen molar-refractivity contribution in [2.45, 2.75) is 33.1 Å². The summed E-state index contributed by atoms with van der Waals surface area (Å²) in [6.45, 7) is 8.36. The highest BCUT2D eigenvalue weighted by molar-refractivity contribution is 6.14. The number of aryl methyl sites for hydroxylation is 1. The first kappa shape index (κ1) is 22.8. The molecule has 1 atom stereocenters. The number of aromatic amines is 1. The monoisotopic (exact) mass is 481 g/mol. The Labute approximate surface area is 208 Å². The molecule has 1 fully saturated rings. The van der Waals surface area contributed by atoms with E-state index in [0.29, 0.717) is 50.5 Å². The molecule has 1 aromatic heterocycles. The number of benzene rings is 4. The van der Waals surface area contributed by atoms with E-state index in [1.165, 1.54) is 12.8 Å². The molecule has 6 rings (SSSR count). The van der Waals surface area contributed by atoms with Crippen molar-refractivity contribution in [3.05, 3.63) is 74.5 Å². The van der Waals surface area contributed by atoms with Gasteiger partial charge in [-0.15, -0.1) is 0 Å². The quantitative estimate of drug-likeness (QED) is 0.189. The summed E-state index contributed by atoms with van der Waals surface area (Å²) < 4.78 is 6.25. The highest BCUT2D eigenvalue weighted by Crippen LogP contribution is 2.31. The molecule has 0 amide bonds. The first-order chi connectivity index (χ1) is 17.5. The summed E-state index contributed by atoms with van der Waals surface area (Å²) in [6, 6.07) is 14.8. The first-order valence-electron chi connectivity index (χ1n) is 12.9. The Balaban J connectivity index is 1.49. The van der Waals surface area contributed by atoms with Crippen LogP contribution in [0.4, 0.5) is 5.69 Å². The molecule has 0 radical (unpaired) electrons. The number of hydrogen-bond acceptors (Lipinski definition) is 5. The van der Waals surface area contributed by atoms with E-state index < -0.39 is 0 Å². The van der Waals surface area contributed by atoms with Gasteiger partial charge in [0, 0.05) is 35.6 Å². The minimum Gasteiger partial charge on any atom is -0.453 e. The lowest BCUT2D eigenvalue weighted by molar-refractivity contribution is 0.183. The summed E-state index contributed by atoms with van der Waals surface area (Å²) in [4.78, 5) is 33.4. The maximum Gasteiger partial charge on any atom is 0.196 e. The second kappa shape index (κ2) is 9.10. The van der Waals surface area contributed by atoms with Crippen LogP contribution in [-0.4, -0.2) is 36.1 Å². The van der Waals surface area contributed by atoms with Crippen molar-refractivity contribution in [3.8, 4) is 0 Å². The summed E-state index contributed by atoms with van der Waals surface area (Å²) in [5, 5.41) is 5.18. The van der Waals surface area contributed by atoms with Crippen molar-refractivity contribution in [2.24, 2.45) is 5.92 Å². The number of anilines is 1. The molecule has 4 aromatic carbocycles. The fourth-order valence-corrected chi connectivity index (χ4v) is 5.71. The van der Waals surface area contributed by atoms with Gasteiger partial charge in [-0.05, 0) is 62.9 Å². The molecule has 0 spiro atoms. The summed E-state index contributed by atoms with van der Waals surface area (Å²) in [5.41, 5.74) is 4.05. The molecule has 2 N–H and O–H groups in total. The van der Waals surface area contributed by atoms with Gasteiger partial charge in [0.15, 0.2) is 22.0 Å². The third-order valence-electron chi connectivity index (χ3n) is 7.48. The van der Waals surface area contributed by atoms with Crippen molar-refractivity contribution >= 4 is 49.4 Å². The number of H-pyrrole nitrogens is 1. The van der Waals surface area contributed by atoms with Crippen LogP contribution in [0.5, 0.6) is 0 Å². The second-order valence-corrected chi connectivity index (χ2v) is 10.3. The van der Waals surface area contributed by atoms with Gasteiger partial charge in [-0.1, -0.05) is 37.3 Å². The van der Waals surface area contributed by atoms with Gasteiger partial charge in [-0.2, -0.15) is 0 Å². The van der Waals surface area contributed by atoms with Crippen LogP contribution in [0.2, 0.25) is 0 Å². The van der Waals surface area contributed by atoms with E-state index in [1.807, 2.05) is 31.2 Å². The molecule has 5 aromatic rings. The number of aromatic nitrogens is 1. The Morgan fingerprint density at radius 1 is 1.03 bits per heavy atom. The number of nitrogens with zero attached hydrogens (tertiary/aromatic N) is 1. The van der Waals surface area contributed by atoms with Crippen LogP contribution in [0.25, 0.3) is 43.7 Å². The zero-order valence-corrected chi connectivity index (χ0v) is 20.8. The van der Waals surface area contributed by atoms with Crippen LogP contribution < -0.4 is 16.2 Å². The molecule has 0 bridgehead atoms. The molecule has 1 aliphatic rings. The third kappa shape index (κ3) is 3.95. The largest absolute Gasteiger partial charge is 0.453 e. The van der Waals surface area contributed by atoms with E-state index in [-0.39, 0.29) is 10.9 Å². The predicted molar refractivity (Wildman–Crippen MR) is 148 cm³/mol. The molecule has 0 aliphatic carbocycles. The lowest BCUT2D eigenvalue weighted by Crippen LogP contribution is -2.35. The second-order valence-electron chi connectivity index (χ2n) is 10.3. The van der Waals surface area contributed by atoms with Crippen molar-refractivity contribution in [1.29, 1.82) is 0 Å². The number of piperidine rings is 1. The lowest BCUT2D eigenvalue weighted by Gasteiger charge is -2.30. The fourth-order valence-electron chi connectivity index (χ4n) is 5.71. The molecule has 1 aliphatic heterocycles. The lowest BCUT2D eigenvalue weighted by atomic mass is 9.99. The number of nitrogens with one attached hydrogen (secondary N) is 2. The molecule has 0 saturated carbocycles. The van der Waals surface area contributed by atoms with Gasteiger partial charge in [0.05, 0.1) is 21.8 Å². The Hall–Kier alpha value is -3.64. The summed E-state index contributed by atoms with van der Waals surface area (Å²) in [5.74, 6) is 0.749. The molecule has 1 saturated heterocycles. The molecular weight excluding hydrogens is 450 g/mol. The summed E-state index contributed by atoms with van der Waals surface area (Å²) in [6.07, 6.45) is 3.52. The number of fused-ring (bicyclic) bond motifs is 5. The van der Waals surface area contributed by atoms with E-state index in [2.05, 4.69) is 22.1 Å². The van der Waals surface area contributed by atoms with Crippen LogP contribution in [0.3, 0.4) is 0 Å². The van der Waals surface area contributed by atoms with Crippen molar-refractivity contribution < 1.29 is 4.42 Å². The molecule has 2 heterocycles. The van der Waals surface area contributed by atoms with Crippen LogP contribution in [0.1, 0.15) is 31.7 Å². The van der Waals surface area contributed by atoms with Crippen molar-refractivity contribution in [3.63, 3.8) is 0 Å². The van der Waals surface area contributed by atoms with Gasteiger partial charge < -0.3 is 19.6 Å². The Bertz CT molecular complexity index is 1730. The number of rotatable bonds is 5. The molecule has 184 valence electrons. The van der Waals surface area contributed by atoms with Gasteiger partial charge in [-0.25, -0.2) is 0 Å². The summed E-state index contributed by atoms with van der Waals surface area (Å²) >= 11 is 0. The highest BCUT2D eigenvalue weighted by Gasteiger charge is 2.19. The molecule has 1 unspecified atom stereocenters. The SMILES string of the molecule is Cc1ccc2oc3cc(NCCCN4CCCC(C)C4)c4c(=O)c5ccccc5c(=O)c4c3[nH]c2c1. The zero-order chi connectivity index (χ0) is 24.8. The number of likely N-dealkylation sites (tertiary alicyclic amines) is 1. The minimum atomic E-state index is -0.158. The van der Waals surface area contributed by atoms with E-state index >= 15 is 0 Å². The van der Waals surface area contributed by atoms with Crippen molar-refractivity contribution in [2.75, 3.05) is 31.5 Å². The van der Waals surface area contributed by atoms with Gasteiger partial charge >= 0.3 is 0 Å². The predicted octanol–water partition coefficient (Wildman–Crippen LogP) is 5.78. The Morgan fingerprint density at radius 2 is 1.81 bits per heavy atom. The molecular formula is C30H31N3O3. The number of hydrogen-bond donors (Lipinski definition) is 2. The van der Waals surface area contributed by atoms with E-state index in [0.717, 1.165) is 43.1 Å². The van der Waals surface area contributed by atoms with Gasteiger partial charge in [0.1, 0.15) is 0 Å². The zero-order valence-electron chi connectivity index (χ0n) is 20.8. The van der Waals surface area contributed by atoms with Crippen LogP contribution in [0, 0.1) is 12.8 Å². The van der Waals surface area contributed by atoms with Crippen LogP contribution in [0.15, 0.2) is 62.5 Å². The minimum absolute atomic E-state index is 0.132. The fraction of sp³-hybridized carbons (Fsp3) is 0.333. The first-order valence-corrected chi connectivity index (χ1v) is 12.9. The Morgan fingerprint density at radius 3 is 2.58 bits per heavy atom. The average molecular weight is 482 g/mol. The highest BCUT2D eigenvalue weighted by atomic mass is 16.3. The smallest absolute Gasteiger partial charge is 0.196 e. The summed E-state index contributed by atoms with van der Waals surface area (Å²) in [7, 11) is 0. The molecule has 6 heteroatoms. The van der Waals surface area contributed by atoms with Gasteiger partial charge in [0.2, 0.25) is 0 Å². The van der Waals surface area contributed by atoms with E-state index in [1.54, 1.807) is 24.3 Å². The maximum absolute atomic E-state index is 13.7. The van der Waals surface area contributed by atoms with Gasteiger partial charge in [-0.3, -0.25) is 9.59 Å². The van der Waals surface area contributed by atoms with E-state index in [9.17, 15) is 9.59 Å². The van der Waals surface area contributed by atoms with Crippen LogP contribution >= 0.6 is 0 Å². The standard InChI is InChI=1S/C30H31N3O3/c1-18-10-11-24-22(15-18)32-28-25(36-24)16-23(31-12-6-14-33-13-5-7-19(2)17-33)26-27(28)30(35)21-9-4-3-8-20(21)29(26)34/h3-4,8-11,15-16,19,31-32H,5-7,12-14,17H2,1-2H3. The van der Waals surface area contributed by atoms with Crippen LogP contribution in [-0.2, 0) is 0 Å². The maximum atomic E-state index is 13.7. The normalized spacial score (nSPS) is 16.9. The third-order valence-corrected chi connectivity index (χ3v) is 7.48. The van der Waals surface area contributed by atoms with Gasteiger partial charge in [0.25, 0.3) is 0 Å².